The quantitative estimate of drug-likeness (QED) is 0.591. The minimum Gasteiger partial charge on any atom is -0.298 e. The molecule has 2 aromatic carbocycles. The summed E-state index contributed by atoms with van der Waals surface area (Å²) < 4.78 is 28.2. The van der Waals surface area contributed by atoms with Gasteiger partial charge in [0.15, 0.2) is 12.1 Å². The molecule has 84 valence electrons. The van der Waals surface area contributed by atoms with Crippen molar-refractivity contribution in [3.8, 4) is 0 Å². The third-order valence-corrected chi connectivity index (χ3v) is 3.94. The second kappa shape index (κ2) is 3.60. The van der Waals surface area contributed by atoms with E-state index in [-0.39, 0.29) is 11.4 Å². The van der Waals surface area contributed by atoms with Gasteiger partial charge >= 0.3 is 0 Å². The van der Waals surface area contributed by atoms with Crippen LogP contribution in [0.5, 0.6) is 0 Å². The van der Waals surface area contributed by atoms with Gasteiger partial charge in [-0.25, -0.2) is 8.78 Å². The Morgan fingerprint density at radius 1 is 1.00 bits per heavy atom. The fraction of sp³-hybridized carbons (Fsp3) is 0. The Morgan fingerprint density at radius 3 is 2.53 bits per heavy atom. The molecule has 0 fully saturated rings. The van der Waals surface area contributed by atoms with Gasteiger partial charge in [-0.2, -0.15) is 0 Å². The van der Waals surface area contributed by atoms with E-state index >= 15 is 0 Å². The van der Waals surface area contributed by atoms with Gasteiger partial charge in [-0.1, -0.05) is 18.2 Å². The largest absolute Gasteiger partial charge is 0.298 e. The fourth-order valence-corrected chi connectivity index (χ4v) is 3.05. The minimum absolute atomic E-state index is 0.00413. The summed E-state index contributed by atoms with van der Waals surface area (Å²) in [6.45, 7) is 0. The number of benzene rings is 2. The molecule has 0 atom stereocenters. The number of thiophene rings is 1. The first-order valence-electron chi connectivity index (χ1n) is 4.97. The van der Waals surface area contributed by atoms with Gasteiger partial charge < -0.3 is 0 Å². The van der Waals surface area contributed by atoms with Gasteiger partial charge in [-0.3, -0.25) is 4.79 Å². The third-order valence-electron chi connectivity index (χ3n) is 2.72. The third kappa shape index (κ3) is 1.37. The molecular formula is C13H6F2OS. The first-order chi connectivity index (χ1) is 8.22. The lowest BCUT2D eigenvalue weighted by atomic mass is 10.1. The summed E-state index contributed by atoms with van der Waals surface area (Å²) in [4.78, 5) is 10.6. The molecule has 0 unspecified atom stereocenters. The Hall–Kier alpha value is -1.81. The molecule has 0 N–H and O–H groups in total. The van der Waals surface area contributed by atoms with Crippen LogP contribution in [0.4, 0.5) is 8.78 Å². The Morgan fingerprint density at radius 2 is 1.76 bits per heavy atom. The lowest BCUT2D eigenvalue weighted by Crippen LogP contribution is -1.85. The van der Waals surface area contributed by atoms with Crippen molar-refractivity contribution in [3.63, 3.8) is 0 Å². The maximum atomic E-state index is 13.9. The van der Waals surface area contributed by atoms with E-state index in [9.17, 15) is 13.6 Å². The highest BCUT2D eigenvalue weighted by Gasteiger charge is 2.14. The van der Waals surface area contributed by atoms with E-state index in [1.165, 1.54) is 12.1 Å². The van der Waals surface area contributed by atoms with Crippen LogP contribution in [0.2, 0.25) is 0 Å². The minimum atomic E-state index is -0.571. The molecule has 1 heterocycles. The van der Waals surface area contributed by atoms with Gasteiger partial charge in [-0.05, 0) is 12.1 Å². The van der Waals surface area contributed by atoms with Crippen LogP contribution in [-0.2, 0) is 0 Å². The summed E-state index contributed by atoms with van der Waals surface area (Å²) in [5, 5.41) is 1.33. The molecule has 1 aromatic heterocycles. The van der Waals surface area contributed by atoms with Crippen LogP contribution >= 0.6 is 11.3 Å². The second-order valence-corrected chi connectivity index (χ2v) is 4.70. The number of hydrogen-bond acceptors (Lipinski definition) is 2. The number of carbonyl (C=O) groups is 1. The average Bonchev–Trinajstić information content (AvgIpc) is 2.71. The fourth-order valence-electron chi connectivity index (χ4n) is 1.90. The standard InChI is InChI=1S/C13H6F2OS/c14-10-3-1-2-8-9-5-4-7(6-16)11(15)13(9)17-12(8)10/h1-6H. The summed E-state index contributed by atoms with van der Waals surface area (Å²) in [5.41, 5.74) is 0.00413. The summed E-state index contributed by atoms with van der Waals surface area (Å²) in [5.74, 6) is -0.936. The molecule has 1 nitrogen and oxygen atoms in total. The van der Waals surface area contributed by atoms with Crippen LogP contribution in [-0.4, -0.2) is 6.29 Å². The van der Waals surface area contributed by atoms with E-state index in [1.54, 1.807) is 18.2 Å². The van der Waals surface area contributed by atoms with Crippen LogP contribution < -0.4 is 0 Å². The van der Waals surface area contributed by atoms with Gasteiger partial charge in [0.1, 0.15) is 5.82 Å². The van der Waals surface area contributed by atoms with Crippen molar-refractivity contribution in [1.29, 1.82) is 0 Å². The molecule has 0 amide bonds. The van der Waals surface area contributed by atoms with E-state index in [0.717, 1.165) is 11.3 Å². The number of hydrogen-bond donors (Lipinski definition) is 0. The molecule has 0 bridgehead atoms. The number of halogens is 2. The maximum Gasteiger partial charge on any atom is 0.153 e. The lowest BCUT2D eigenvalue weighted by Gasteiger charge is -1.95. The highest BCUT2D eigenvalue weighted by atomic mass is 32.1. The van der Waals surface area contributed by atoms with Gasteiger partial charge in [-0.15, -0.1) is 11.3 Å². The highest BCUT2D eigenvalue weighted by Crippen LogP contribution is 2.37. The van der Waals surface area contributed by atoms with Crippen LogP contribution in [0, 0.1) is 11.6 Å². The van der Waals surface area contributed by atoms with Crippen molar-refractivity contribution in [2.24, 2.45) is 0 Å². The Bertz CT molecular complexity index is 746. The molecule has 17 heavy (non-hydrogen) atoms. The molecule has 0 aliphatic carbocycles. The molecule has 0 radical (unpaired) electrons. The first-order valence-corrected chi connectivity index (χ1v) is 5.78. The van der Waals surface area contributed by atoms with E-state index in [2.05, 4.69) is 0 Å². The predicted octanol–water partition coefficient (Wildman–Crippen LogP) is 4.15. The smallest absolute Gasteiger partial charge is 0.153 e. The average molecular weight is 248 g/mol. The zero-order valence-electron chi connectivity index (χ0n) is 8.54. The predicted molar refractivity (Wildman–Crippen MR) is 64.6 cm³/mol. The van der Waals surface area contributed by atoms with Gasteiger partial charge in [0.05, 0.1) is 15.0 Å². The summed E-state index contributed by atoms with van der Waals surface area (Å²) in [6, 6.07) is 7.76. The molecule has 0 aliphatic heterocycles. The van der Waals surface area contributed by atoms with Crippen molar-refractivity contribution in [1.82, 2.24) is 0 Å². The Kier molecular flexibility index (Phi) is 2.19. The van der Waals surface area contributed by atoms with E-state index in [0.29, 0.717) is 26.5 Å². The molecule has 0 saturated heterocycles. The van der Waals surface area contributed by atoms with E-state index in [4.69, 9.17) is 0 Å². The van der Waals surface area contributed by atoms with Crippen molar-refractivity contribution >= 4 is 37.8 Å². The Balaban J connectivity index is 2.55. The van der Waals surface area contributed by atoms with Crippen LogP contribution in [0.15, 0.2) is 30.3 Å². The van der Waals surface area contributed by atoms with Gasteiger partial charge in [0, 0.05) is 10.8 Å². The molecule has 0 aliphatic rings. The van der Waals surface area contributed by atoms with Crippen LogP contribution in [0.1, 0.15) is 10.4 Å². The molecule has 4 heteroatoms. The zero-order valence-corrected chi connectivity index (χ0v) is 9.35. The normalized spacial score (nSPS) is 11.2. The number of fused-ring (bicyclic) bond motifs is 3. The van der Waals surface area contributed by atoms with Crippen molar-refractivity contribution in [2.45, 2.75) is 0 Å². The van der Waals surface area contributed by atoms with Crippen LogP contribution in [0.3, 0.4) is 0 Å². The highest BCUT2D eigenvalue weighted by molar-refractivity contribution is 7.25. The Labute approximate surface area is 99.3 Å². The zero-order chi connectivity index (χ0) is 12.0. The topological polar surface area (TPSA) is 17.1 Å². The molecule has 0 spiro atoms. The number of carbonyl (C=O) groups excluding carboxylic acids is 1. The van der Waals surface area contributed by atoms with E-state index in [1.807, 2.05) is 0 Å². The SMILES string of the molecule is O=Cc1ccc2c(sc3c(F)cccc32)c1F. The molecule has 3 rings (SSSR count). The summed E-state index contributed by atoms with van der Waals surface area (Å²) >= 11 is 1.04. The lowest BCUT2D eigenvalue weighted by molar-refractivity contribution is 0.112. The van der Waals surface area contributed by atoms with E-state index < -0.39 is 5.82 Å². The van der Waals surface area contributed by atoms with Crippen LogP contribution in [0.25, 0.3) is 20.2 Å². The molecular weight excluding hydrogens is 242 g/mol. The maximum absolute atomic E-state index is 13.9. The second-order valence-electron chi connectivity index (χ2n) is 3.68. The van der Waals surface area contributed by atoms with Crippen molar-refractivity contribution in [2.75, 3.05) is 0 Å². The van der Waals surface area contributed by atoms with Crippen molar-refractivity contribution in [3.05, 3.63) is 47.5 Å². The molecule has 0 saturated carbocycles. The van der Waals surface area contributed by atoms with Crippen molar-refractivity contribution < 1.29 is 13.6 Å². The molecule has 3 aromatic rings. The monoisotopic (exact) mass is 248 g/mol. The first kappa shape index (κ1) is 10.4. The van der Waals surface area contributed by atoms with Gasteiger partial charge in [0.2, 0.25) is 0 Å². The number of rotatable bonds is 1. The summed E-state index contributed by atoms with van der Waals surface area (Å²) in [7, 11) is 0. The number of aldehydes is 1. The van der Waals surface area contributed by atoms with Gasteiger partial charge in [0.25, 0.3) is 0 Å². The summed E-state index contributed by atoms with van der Waals surface area (Å²) in [6.07, 6.45) is 0.468.